The van der Waals surface area contributed by atoms with Gasteiger partial charge in [0, 0.05) is 17.9 Å². The number of nitrogens with one attached hydrogen (secondary N) is 2. The summed E-state index contributed by atoms with van der Waals surface area (Å²) in [6.45, 7) is 8.69. The Balaban J connectivity index is 2.18. The van der Waals surface area contributed by atoms with Crippen molar-refractivity contribution in [2.24, 2.45) is 0 Å². The fourth-order valence-corrected chi connectivity index (χ4v) is 4.38. The first-order valence-corrected chi connectivity index (χ1v) is 9.76. The van der Waals surface area contributed by atoms with Crippen LogP contribution in [0.5, 0.6) is 0 Å². The molecule has 0 saturated heterocycles. The zero-order valence-corrected chi connectivity index (χ0v) is 15.6. The molecule has 0 bridgehead atoms. The molecule has 0 saturated carbocycles. The topological polar surface area (TPSA) is 58.2 Å². The first-order chi connectivity index (χ1) is 11.3. The van der Waals surface area contributed by atoms with Crippen molar-refractivity contribution in [1.82, 2.24) is 0 Å². The van der Waals surface area contributed by atoms with Gasteiger partial charge in [0.25, 0.3) is 10.0 Å². The normalized spacial score (nSPS) is 11.3. The standard InChI is InChI=1S/C19H26N2O2S/c1-5-6-11-20-17-7-9-18(10-8-17)21-24(22,23)19-15(3)12-14(2)13-16(19)4/h7-10,12-13,20-21H,5-6,11H2,1-4H3. The van der Waals surface area contributed by atoms with Crippen molar-refractivity contribution < 1.29 is 8.42 Å². The molecule has 0 amide bonds. The minimum atomic E-state index is -3.60. The van der Waals surface area contributed by atoms with Gasteiger partial charge < -0.3 is 5.32 Å². The molecule has 5 heteroatoms. The predicted molar refractivity (Wildman–Crippen MR) is 101 cm³/mol. The van der Waals surface area contributed by atoms with Gasteiger partial charge in [-0.2, -0.15) is 0 Å². The van der Waals surface area contributed by atoms with Crippen LogP contribution in [0.3, 0.4) is 0 Å². The molecular weight excluding hydrogens is 320 g/mol. The van der Waals surface area contributed by atoms with Crippen LogP contribution >= 0.6 is 0 Å². The first kappa shape index (κ1) is 18.3. The summed E-state index contributed by atoms with van der Waals surface area (Å²) >= 11 is 0. The highest BCUT2D eigenvalue weighted by molar-refractivity contribution is 7.92. The van der Waals surface area contributed by atoms with Gasteiger partial charge in [-0.15, -0.1) is 0 Å². The summed E-state index contributed by atoms with van der Waals surface area (Å²) in [5, 5.41) is 3.31. The summed E-state index contributed by atoms with van der Waals surface area (Å²) in [6.07, 6.45) is 2.25. The van der Waals surface area contributed by atoms with E-state index in [4.69, 9.17) is 0 Å². The molecule has 130 valence electrons. The largest absolute Gasteiger partial charge is 0.385 e. The van der Waals surface area contributed by atoms with Crippen molar-refractivity contribution in [3.63, 3.8) is 0 Å². The molecule has 2 aromatic carbocycles. The van der Waals surface area contributed by atoms with E-state index in [9.17, 15) is 8.42 Å². The number of aryl methyl sites for hydroxylation is 3. The molecule has 0 spiro atoms. The molecule has 24 heavy (non-hydrogen) atoms. The lowest BCUT2D eigenvalue weighted by Gasteiger charge is -2.14. The van der Waals surface area contributed by atoms with Crippen LogP contribution in [0, 0.1) is 20.8 Å². The average Bonchev–Trinajstić information content (AvgIpc) is 2.47. The Morgan fingerprint density at radius 3 is 2.00 bits per heavy atom. The van der Waals surface area contributed by atoms with Crippen LogP contribution in [0.4, 0.5) is 11.4 Å². The van der Waals surface area contributed by atoms with E-state index in [1.165, 1.54) is 0 Å². The quantitative estimate of drug-likeness (QED) is 0.719. The Bertz CT molecular complexity index is 774. The summed E-state index contributed by atoms with van der Waals surface area (Å²) < 4.78 is 28.1. The molecule has 0 fully saturated rings. The number of hydrogen-bond donors (Lipinski definition) is 2. The van der Waals surface area contributed by atoms with E-state index in [2.05, 4.69) is 17.0 Å². The summed E-state index contributed by atoms with van der Waals surface area (Å²) in [4.78, 5) is 0.359. The monoisotopic (exact) mass is 346 g/mol. The molecule has 0 radical (unpaired) electrons. The van der Waals surface area contributed by atoms with Crippen molar-refractivity contribution in [1.29, 1.82) is 0 Å². The lowest BCUT2D eigenvalue weighted by molar-refractivity contribution is 0.600. The van der Waals surface area contributed by atoms with Gasteiger partial charge in [-0.3, -0.25) is 4.72 Å². The molecule has 0 aliphatic carbocycles. The highest BCUT2D eigenvalue weighted by Crippen LogP contribution is 2.25. The van der Waals surface area contributed by atoms with Crippen LogP contribution in [-0.4, -0.2) is 15.0 Å². The zero-order valence-electron chi connectivity index (χ0n) is 14.8. The van der Waals surface area contributed by atoms with Gasteiger partial charge >= 0.3 is 0 Å². The molecule has 0 aromatic heterocycles. The van der Waals surface area contributed by atoms with E-state index in [1.54, 1.807) is 12.1 Å². The van der Waals surface area contributed by atoms with Crippen LogP contribution in [0.2, 0.25) is 0 Å². The van der Waals surface area contributed by atoms with Crippen molar-refractivity contribution in [3.05, 3.63) is 53.1 Å². The molecule has 0 atom stereocenters. The van der Waals surface area contributed by atoms with Gasteiger partial charge in [-0.25, -0.2) is 8.42 Å². The minimum absolute atomic E-state index is 0.359. The van der Waals surface area contributed by atoms with E-state index >= 15 is 0 Å². The Hall–Kier alpha value is -2.01. The highest BCUT2D eigenvalue weighted by Gasteiger charge is 2.19. The molecule has 0 aliphatic heterocycles. The number of hydrogen-bond acceptors (Lipinski definition) is 3. The zero-order chi connectivity index (χ0) is 17.7. The Morgan fingerprint density at radius 2 is 1.46 bits per heavy atom. The fraction of sp³-hybridized carbons (Fsp3) is 0.368. The van der Waals surface area contributed by atoms with E-state index in [1.807, 2.05) is 45.0 Å². The number of rotatable bonds is 7. The van der Waals surface area contributed by atoms with Gasteiger partial charge in [0.15, 0.2) is 0 Å². The van der Waals surface area contributed by atoms with Gasteiger partial charge in [0.2, 0.25) is 0 Å². The highest BCUT2D eigenvalue weighted by atomic mass is 32.2. The number of anilines is 2. The van der Waals surface area contributed by atoms with E-state index in [-0.39, 0.29) is 0 Å². The van der Waals surface area contributed by atoms with Crippen LogP contribution in [0.1, 0.15) is 36.5 Å². The van der Waals surface area contributed by atoms with Gasteiger partial charge in [-0.05, 0) is 62.6 Å². The summed E-state index contributed by atoms with van der Waals surface area (Å²) in [5.41, 5.74) is 4.15. The van der Waals surface area contributed by atoms with Crippen molar-refractivity contribution in [3.8, 4) is 0 Å². The number of unbranched alkanes of at least 4 members (excludes halogenated alkanes) is 1. The molecule has 2 rings (SSSR count). The maximum Gasteiger partial charge on any atom is 0.262 e. The molecule has 2 aromatic rings. The van der Waals surface area contributed by atoms with Crippen molar-refractivity contribution >= 4 is 21.4 Å². The van der Waals surface area contributed by atoms with Gasteiger partial charge in [0.05, 0.1) is 4.90 Å². The summed E-state index contributed by atoms with van der Waals surface area (Å²) in [5.74, 6) is 0. The predicted octanol–water partition coefficient (Wildman–Crippen LogP) is 4.62. The smallest absolute Gasteiger partial charge is 0.262 e. The second-order valence-electron chi connectivity index (χ2n) is 6.19. The number of benzene rings is 2. The third-order valence-corrected chi connectivity index (χ3v) is 5.56. The summed E-state index contributed by atoms with van der Waals surface area (Å²) in [7, 11) is -3.60. The third kappa shape index (κ3) is 4.51. The van der Waals surface area contributed by atoms with E-state index in [0.29, 0.717) is 10.6 Å². The molecule has 0 unspecified atom stereocenters. The lowest BCUT2D eigenvalue weighted by atomic mass is 10.1. The molecule has 0 aliphatic rings. The van der Waals surface area contributed by atoms with Crippen molar-refractivity contribution in [2.75, 3.05) is 16.6 Å². The van der Waals surface area contributed by atoms with E-state index in [0.717, 1.165) is 41.8 Å². The molecule has 4 nitrogen and oxygen atoms in total. The maximum atomic E-state index is 12.7. The summed E-state index contributed by atoms with van der Waals surface area (Å²) in [6, 6.07) is 11.1. The lowest BCUT2D eigenvalue weighted by Crippen LogP contribution is -2.16. The minimum Gasteiger partial charge on any atom is -0.385 e. The third-order valence-electron chi connectivity index (χ3n) is 3.87. The molecule has 0 heterocycles. The van der Waals surface area contributed by atoms with Crippen molar-refractivity contribution in [2.45, 2.75) is 45.4 Å². The Morgan fingerprint density at radius 1 is 0.917 bits per heavy atom. The van der Waals surface area contributed by atoms with Crippen LogP contribution in [0.25, 0.3) is 0 Å². The second-order valence-corrected chi connectivity index (χ2v) is 7.81. The van der Waals surface area contributed by atoms with Gasteiger partial charge in [-0.1, -0.05) is 31.0 Å². The molecule has 2 N–H and O–H groups in total. The van der Waals surface area contributed by atoms with Crippen LogP contribution < -0.4 is 10.0 Å². The Labute approximate surface area is 145 Å². The maximum absolute atomic E-state index is 12.7. The second kappa shape index (κ2) is 7.71. The van der Waals surface area contributed by atoms with Gasteiger partial charge in [0.1, 0.15) is 0 Å². The van der Waals surface area contributed by atoms with Crippen LogP contribution in [-0.2, 0) is 10.0 Å². The fourth-order valence-electron chi connectivity index (χ4n) is 2.86. The average molecular weight is 346 g/mol. The Kier molecular flexibility index (Phi) is 5.89. The SMILES string of the molecule is CCCCNc1ccc(NS(=O)(=O)c2c(C)cc(C)cc2C)cc1. The number of sulfonamides is 1. The first-order valence-electron chi connectivity index (χ1n) is 8.28. The van der Waals surface area contributed by atoms with E-state index < -0.39 is 10.0 Å². The van der Waals surface area contributed by atoms with Crippen LogP contribution in [0.15, 0.2) is 41.3 Å². The molecular formula is C19H26N2O2S.